The van der Waals surface area contributed by atoms with E-state index in [1.54, 1.807) is 13.0 Å². The quantitative estimate of drug-likeness (QED) is 0.566. The Labute approximate surface area is 76.5 Å². The highest BCUT2D eigenvalue weighted by Gasteiger charge is 1.97. The molecule has 0 fully saturated rings. The molecule has 0 aromatic heterocycles. The molecule has 0 amide bonds. The lowest BCUT2D eigenvalue weighted by atomic mass is 10.1. The van der Waals surface area contributed by atoms with E-state index >= 15 is 0 Å². The van der Waals surface area contributed by atoms with Gasteiger partial charge in [0.1, 0.15) is 5.82 Å². The summed E-state index contributed by atoms with van der Waals surface area (Å²) < 4.78 is 12.8. The van der Waals surface area contributed by atoms with Crippen molar-refractivity contribution in [2.75, 3.05) is 6.00 Å². The first kappa shape index (κ1) is 9.49. The minimum absolute atomic E-state index is 0.162. The molecule has 1 nitrogen and oxygen atoms in total. The number of aryl methyl sites for hydroxylation is 1. The second-order valence-electron chi connectivity index (χ2n) is 2.64. The summed E-state index contributed by atoms with van der Waals surface area (Å²) in [5, 5.41) is 2.95. The van der Waals surface area contributed by atoms with Crippen LogP contribution in [-0.4, -0.2) is 6.00 Å². The topological polar surface area (TPSA) is 12.0 Å². The summed E-state index contributed by atoms with van der Waals surface area (Å²) in [6, 6.07) is 5.45. The monoisotopic (exact) mass is 187 g/mol. The maximum Gasteiger partial charge on any atom is 0.126 e. The molecule has 0 aliphatic heterocycles. The van der Waals surface area contributed by atoms with E-state index in [2.05, 4.69) is 5.32 Å². The fourth-order valence-electron chi connectivity index (χ4n) is 1.01. The maximum atomic E-state index is 12.8. The zero-order valence-electron chi connectivity index (χ0n) is 6.90. The molecule has 1 N–H and O–H groups in total. The molecule has 0 saturated carbocycles. The van der Waals surface area contributed by atoms with Crippen LogP contribution in [0.2, 0.25) is 0 Å². The van der Waals surface area contributed by atoms with Gasteiger partial charge in [0.2, 0.25) is 0 Å². The zero-order valence-corrected chi connectivity index (χ0v) is 7.66. The average molecular weight is 188 g/mol. The first-order chi connectivity index (χ1) is 5.74. The van der Waals surface area contributed by atoms with Crippen LogP contribution in [0.3, 0.4) is 0 Å². The lowest BCUT2D eigenvalue weighted by Gasteiger charge is -2.02. The fourth-order valence-corrected chi connectivity index (χ4v) is 1.10. The van der Waals surface area contributed by atoms with Gasteiger partial charge in [-0.1, -0.05) is 12.1 Å². The zero-order chi connectivity index (χ0) is 8.97. The molecule has 0 bridgehead atoms. The molecule has 1 aromatic carbocycles. The van der Waals surface area contributed by atoms with E-state index in [4.69, 9.17) is 11.6 Å². The van der Waals surface area contributed by atoms with Crippen molar-refractivity contribution in [1.82, 2.24) is 5.32 Å². The second kappa shape index (κ2) is 4.43. The molecule has 12 heavy (non-hydrogen) atoms. The van der Waals surface area contributed by atoms with Gasteiger partial charge in [0, 0.05) is 6.54 Å². The van der Waals surface area contributed by atoms with Crippen LogP contribution in [0.15, 0.2) is 18.2 Å². The van der Waals surface area contributed by atoms with Crippen LogP contribution in [-0.2, 0) is 6.54 Å². The normalized spacial score (nSPS) is 10.2. The Balaban J connectivity index is 2.69. The van der Waals surface area contributed by atoms with Gasteiger partial charge < -0.3 is 0 Å². The lowest BCUT2D eigenvalue weighted by Crippen LogP contribution is -2.10. The van der Waals surface area contributed by atoms with E-state index in [1.807, 2.05) is 6.07 Å². The third-order valence-electron chi connectivity index (χ3n) is 1.65. The van der Waals surface area contributed by atoms with Crippen molar-refractivity contribution < 1.29 is 4.39 Å². The number of halogens is 2. The van der Waals surface area contributed by atoms with Crippen molar-refractivity contribution in [2.24, 2.45) is 0 Å². The molecule has 0 radical (unpaired) electrons. The Morgan fingerprint density at radius 1 is 1.50 bits per heavy atom. The minimum Gasteiger partial charge on any atom is -0.300 e. The molecule has 0 spiro atoms. The van der Waals surface area contributed by atoms with E-state index in [1.165, 1.54) is 6.07 Å². The number of benzene rings is 1. The summed E-state index contributed by atoms with van der Waals surface area (Å²) in [4.78, 5) is 0. The van der Waals surface area contributed by atoms with Gasteiger partial charge in [-0.3, -0.25) is 5.32 Å². The highest BCUT2D eigenvalue weighted by atomic mass is 35.5. The Hall–Kier alpha value is -0.600. The molecule has 0 aliphatic carbocycles. The SMILES string of the molecule is Cc1cc(CNCCl)ccc1F. The molecule has 0 aliphatic rings. The number of nitrogens with one attached hydrogen (secondary N) is 1. The maximum absolute atomic E-state index is 12.8. The molecule has 0 saturated heterocycles. The molecule has 0 unspecified atom stereocenters. The van der Waals surface area contributed by atoms with Crippen molar-refractivity contribution in [3.8, 4) is 0 Å². The van der Waals surface area contributed by atoms with Gasteiger partial charge in [0.05, 0.1) is 6.00 Å². The predicted molar refractivity (Wildman–Crippen MR) is 48.7 cm³/mol. The first-order valence-corrected chi connectivity index (χ1v) is 4.29. The van der Waals surface area contributed by atoms with Crippen LogP contribution in [0.1, 0.15) is 11.1 Å². The molecule has 0 atom stereocenters. The lowest BCUT2D eigenvalue weighted by molar-refractivity contribution is 0.616. The van der Waals surface area contributed by atoms with Gasteiger partial charge in [0.25, 0.3) is 0 Å². The van der Waals surface area contributed by atoms with Gasteiger partial charge in [-0.25, -0.2) is 4.39 Å². The predicted octanol–water partition coefficient (Wildman–Crippen LogP) is 2.42. The van der Waals surface area contributed by atoms with Crippen molar-refractivity contribution >= 4 is 11.6 Å². The summed E-state index contributed by atoms with van der Waals surface area (Å²) in [7, 11) is 0. The van der Waals surface area contributed by atoms with Gasteiger partial charge in [0.15, 0.2) is 0 Å². The van der Waals surface area contributed by atoms with E-state index in [0.717, 1.165) is 5.56 Å². The molecular weight excluding hydrogens is 177 g/mol. The van der Waals surface area contributed by atoms with Gasteiger partial charge >= 0.3 is 0 Å². The third kappa shape index (κ3) is 2.47. The fraction of sp³-hybridized carbons (Fsp3) is 0.333. The van der Waals surface area contributed by atoms with E-state index < -0.39 is 0 Å². The van der Waals surface area contributed by atoms with Crippen LogP contribution in [0.25, 0.3) is 0 Å². The van der Waals surface area contributed by atoms with Gasteiger partial charge in [-0.15, -0.1) is 11.6 Å². The van der Waals surface area contributed by atoms with E-state index in [0.29, 0.717) is 18.1 Å². The molecular formula is C9H11ClFN. The summed E-state index contributed by atoms with van der Waals surface area (Å²) in [6.45, 7) is 2.43. The van der Waals surface area contributed by atoms with E-state index in [9.17, 15) is 4.39 Å². The summed E-state index contributed by atoms with van der Waals surface area (Å²) in [5.41, 5.74) is 1.72. The van der Waals surface area contributed by atoms with Gasteiger partial charge in [-0.05, 0) is 24.1 Å². The number of alkyl halides is 1. The number of hydrogen-bond acceptors (Lipinski definition) is 1. The summed E-state index contributed by atoms with van der Waals surface area (Å²) in [5.74, 6) is -0.162. The van der Waals surface area contributed by atoms with Crippen molar-refractivity contribution in [3.05, 3.63) is 35.1 Å². The minimum atomic E-state index is -0.162. The molecule has 0 heterocycles. The standard InChI is InChI=1S/C9H11ClFN/c1-7-4-8(5-12-6-10)2-3-9(7)11/h2-4,12H,5-6H2,1H3. The van der Waals surface area contributed by atoms with Crippen LogP contribution in [0.4, 0.5) is 4.39 Å². The Kier molecular flexibility index (Phi) is 3.50. The second-order valence-corrected chi connectivity index (χ2v) is 2.91. The Morgan fingerprint density at radius 2 is 2.25 bits per heavy atom. The van der Waals surface area contributed by atoms with Crippen molar-refractivity contribution in [1.29, 1.82) is 0 Å². The van der Waals surface area contributed by atoms with Gasteiger partial charge in [-0.2, -0.15) is 0 Å². The average Bonchev–Trinajstić information content (AvgIpc) is 2.07. The Bertz CT molecular complexity index is 263. The number of hydrogen-bond donors (Lipinski definition) is 1. The third-order valence-corrected chi connectivity index (χ3v) is 1.83. The Morgan fingerprint density at radius 3 is 2.83 bits per heavy atom. The summed E-state index contributed by atoms with van der Waals surface area (Å²) >= 11 is 5.44. The van der Waals surface area contributed by atoms with E-state index in [-0.39, 0.29) is 5.82 Å². The highest BCUT2D eigenvalue weighted by molar-refractivity contribution is 6.17. The van der Waals surface area contributed by atoms with Crippen LogP contribution < -0.4 is 5.32 Å². The van der Waals surface area contributed by atoms with Crippen molar-refractivity contribution in [2.45, 2.75) is 13.5 Å². The largest absolute Gasteiger partial charge is 0.300 e. The molecule has 1 aromatic rings. The van der Waals surface area contributed by atoms with Crippen LogP contribution >= 0.6 is 11.6 Å². The van der Waals surface area contributed by atoms with Crippen LogP contribution in [0, 0.1) is 12.7 Å². The smallest absolute Gasteiger partial charge is 0.126 e. The molecule has 1 rings (SSSR count). The number of rotatable bonds is 3. The van der Waals surface area contributed by atoms with Crippen LogP contribution in [0.5, 0.6) is 0 Å². The first-order valence-electron chi connectivity index (χ1n) is 3.75. The molecule has 66 valence electrons. The highest BCUT2D eigenvalue weighted by Crippen LogP contribution is 2.08. The molecule has 3 heteroatoms. The summed E-state index contributed by atoms with van der Waals surface area (Å²) in [6.07, 6.45) is 0. The van der Waals surface area contributed by atoms with Crippen molar-refractivity contribution in [3.63, 3.8) is 0 Å².